The second kappa shape index (κ2) is 11.7. The van der Waals surface area contributed by atoms with Gasteiger partial charge >= 0.3 is 0 Å². The number of morpholine rings is 1. The molecule has 10 heteroatoms. The number of hydrogen-bond acceptors (Lipinski definition) is 7. The first kappa shape index (κ1) is 25.2. The molecule has 0 radical (unpaired) electrons. The zero-order chi connectivity index (χ0) is 25.5. The molecule has 190 valence electrons. The van der Waals surface area contributed by atoms with Gasteiger partial charge in [-0.05, 0) is 43.3 Å². The number of rotatable bonds is 9. The molecule has 1 N–H and O–H groups in total. The van der Waals surface area contributed by atoms with Gasteiger partial charge in [-0.15, -0.1) is 0 Å². The summed E-state index contributed by atoms with van der Waals surface area (Å²) < 4.78 is 24.0. The highest BCUT2D eigenvalue weighted by Crippen LogP contribution is 2.29. The van der Waals surface area contributed by atoms with Gasteiger partial charge < -0.3 is 29.2 Å². The van der Waals surface area contributed by atoms with Gasteiger partial charge in [-0.3, -0.25) is 14.3 Å². The number of amides is 2. The van der Waals surface area contributed by atoms with Gasteiger partial charge in [0.1, 0.15) is 23.4 Å². The van der Waals surface area contributed by atoms with E-state index in [-0.39, 0.29) is 17.9 Å². The average Bonchev–Trinajstić information content (AvgIpc) is 3.29. The Balaban J connectivity index is 1.52. The third-order valence-electron chi connectivity index (χ3n) is 5.47. The van der Waals surface area contributed by atoms with Gasteiger partial charge in [0.25, 0.3) is 11.8 Å². The van der Waals surface area contributed by atoms with Crippen LogP contribution in [0.1, 0.15) is 27.6 Å². The van der Waals surface area contributed by atoms with E-state index in [0.29, 0.717) is 67.1 Å². The Morgan fingerprint density at radius 3 is 2.42 bits per heavy atom. The van der Waals surface area contributed by atoms with Crippen LogP contribution in [0.5, 0.6) is 17.2 Å². The molecule has 2 heterocycles. The van der Waals surface area contributed by atoms with Crippen molar-refractivity contribution < 1.29 is 28.5 Å². The molecule has 2 amide bonds. The predicted molar refractivity (Wildman–Crippen MR) is 133 cm³/mol. The van der Waals surface area contributed by atoms with Crippen LogP contribution in [0.2, 0.25) is 0 Å². The molecule has 1 saturated heterocycles. The number of ether oxygens (including phenoxy) is 4. The number of hydrogen-bond donors (Lipinski definition) is 1. The lowest BCUT2D eigenvalue weighted by Crippen LogP contribution is -2.40. The molecule has 1 aromatic heterocycles. The Bertz CT molecular complexity index is 1190. The van der Waals surface area contributed by atoms with E-state index in [1.54, 1.807) is 78.5 Å². The Hall–Kier alpha value is -3.89. The molecule has 0 saturated carbocycles. The minimum absolute atomic E-state index is 0.0409. The molecule has 1 aliphatic rings. The Kier molecular flexibility index (Phi) is 8.19. The lowest BCUT2D eigenvalue weighted by atomic mass is 10.1. The number of benzene rings is 2. The zero-order valence-corrected chi connectivity index (χ0v) is 20.6. The van der Waals surface area contributed by atoms with Crippen LogP contribution in [0.15, 0.2) is 54.7 Å². The number of anilines is 1. The van der Waals surface area contributed by atoms with E-state index in [1.807, 2.05) is 6.92 Å². The molecule has 1 unspecified atom stereocenters. The van der Waals surface area contributed by atoms with Gasteiger partial charge in [-0.2, -0.15) is 5.10 Å². The highest BCUT2D eigenvalue weighted by atomic mass is 16.5. The van der Waals surface area contributed by atoms with Crippen LogP contribution in [-0.4, -0.2) is 72.6 Å². The fourth-order valence-electron chi connectivity index (χ4n) is 3.75. The van der Waals surface area contributed by atoms with Crippen molar-refractivity contribution in [1.29, 1.82) is 0 Å². The van der Waals surface area contributed by atoms with E-state index < -0.39 is 0 Å². The van der Waals surface area contributed by atoms with Crippen molar-refractivity contribution in [3.05, 3.63) is 65.9 Å². The van der Waals surface area contributed by atoms with Gasteiger partial charge in [0.2, 0.25) is 0 Å². The minimum atomic E-state index is -0.352. The summed E-state index contributed by atoms with van der Waals surface area (Å²) in [5.74, 6) is 1.44. The quantitative estimate of drug-likeness (QED) is 0.486. The third-order valence-corrected chi connectivity index (χ3v) is 5.47. The first-order valence-electron chi connectivity index (χ1n) is 11.7. The number of aromatic nitrogens is 2. The number of nitrogens with one attached hydrogen (secondary N) is 1. The molecule has 1 fully saturated rings. The van der Waals surface area contributed by atoms with Crippen molar-refractivity contribution in [3.8, 4) is 17.2 Å². The maximum Gasteiger partial charge on any atom is 0.257 e. The van der Waals surface area contributed by atoms with E-state index in [1.165, 1.54) is 0 Å². The summed E-state index contributed by atoms with van der Waals surface area (Å²) in [5, 5.41) is 6.95. The van der Waals surface area contributed by atoms with Crippen LogP contribution >= 0.6 is 0 Å². The van der Waals surface area contributed by atoms with Crippen LogP contribution in [0.4, 0.5) is 5.82 Å². The standard InChI is InChI=1S/C26H30N4O6/c1-18(17-33-3)35-22-14-20(25(31)27-24-8-9-29(2)28-24)15-23(16-22)36-21-6-4-19(5-7-21)26(32)30-10-12-34-13-11-30/h4-9,14-16,18H,10-13,17H2,1-3H3,(H,27,28,31). The summed E-state index contributed by atoms with van der Waals surface area (Å²) in [5.41, 5.74) is 0.919. The van der Waals surface area contributed by atoms with Gasteiger partial charge in [0.15, 0.2) is 5.82 Å². The molecule has 0 bridgehead atoms. The van der Waals surface area contributed by atoms with Crippen LogP contribution < -0.4 is 14.8 Å². The highest BCUT2D eigenvalue weighted by molar-refractivity contribution is 6.04. The van der Waals surface area contributed by atoms with Gasteiger partial charge in [0.05, 0.1) is 19.8 Å². The Labute approximate surface area is 209 Å². The van der Waals surface area contributed by atoms with Crippen LogP contribution in [0, 0.1) is 0 Å². The largest absolute Gasteiger partial charge is 0.488 e. The van der Waals surface area contributed by atoms with E-state index in [4.69, 9.17) is 18.9 Å². The normalized spacial score (nSPS) is 14.2. The maximum atomic E-state index is 12.9. The van der Waals surface area contributed by atoms with Crippen LogP contribution in [0.25, 0.3) is 0 Å². The highest BCUT2D eigenvalue weighted by Gasteiger charge is 2.19. The lowest BCUT2D eigenvalue weighted by molar-refractivity contribution is 0.0303. The molecule has 36 heavy (non-hydrogen) atoms. The first-order chi connectivity index (χ1) is 17.4. The minimum Gasteiger partial charge on any atom is -0.488 e. The van der Waals surface area contributed by atoms with Gasteiger partial charge in [0, 0.05) is 56.7 Å². The number of carbonyl (C=O) groups excluding carboxylic acids is 2. The van der Waals surface area contributed by atoms with Crippen molar-refractivity contribution in [2.45, 2.75) is 13.0 Å². The maximum absolute atomic E-state index is 12.9. The van der Waals surface area contributed by atoms with Crippen LogP contribution in [0.3, 0.4) is 0 Å². The third kappa shape index (κ3) is 6.61. The monoisotopic (exact) mass is 494 g/mol. The number of nitrogens with zero attached hydrogens (tertiary/aromatic N) is 3. The topological polar surface area (TPSA) is 104 Å². The van der Waals surface area contributed by atoms with Crippen molar-refractivity contribution >= 4 is 17.6 Å². The van der Waals surface area contributed by atoms with E-state index >= 15 is 0 Å². The molecule has 0 spiro atoms. The number of carbonyl (C=O) groups is 2. The number of methoxy groups -OCH3 is 1. The van der Waals surface area contributed by atoms with E-state index in [0.717, 1.165) is 0 Å². The summed E-state index contributed by atoms with van der Waals surface area (Å²) in [4.78, 5) is 27.4. The average molecular weight is 495 g/mol. The van der Waals surface area contributed by atoms with E-state index in [9.17, 15) is 9.59 Å². The molecular formula is C26H30N4O6. The van der Waals surface area contributed by atoms with Gasteiger partial charge in [-0.25, -0.2) is 0 Å². The van der Waals surface area contributed by atoms with Crippen LogP contribution in [-0.2, 0) is 16.5 Å². The Morgan fingerprint density at radius 1 is 1.03 bits per heavy atom. The van der Waals surface area contributed by atoms with Gasteiger partial charge in [-0.1, -0.05) is 0 Å². The molecule has 1 aliphatic heterocycles. The summed E-state index contributed by atoms with van der Waals surface area (Å²) in [6.45, 7) is 4.51. The fraction of sp³-hybridized carbons (Fsp3) is 0.346. The number of aryl methyl sites for hydroxylation is 1. The summed E-state index contributed by atoms with van der Waals surface area (Å²) >= 11 is 0. The molecule has 2 aromatic carbocycles. The van der Waals surface area contributed by atoms with Crippen molar-refractivity contribution in [2.75, 3.05) is 45.3 Å². The first-order valence-corrected chi connectivity index (χ1v) is 11.7. The fourth-order valence-corrected chi connectivity index (χ4v) is 3.75. The lowest BCUT2D eigenvalue weighted by Gasteiger charge is -2.26. The second-order valence-corrected chi connectivity index (χ2v) is 8.44. The smallest absolute Gasteiger partial charge is 0.257 e. The molecule has 1 atom stereocenters. The molecule has 0 aliphatic carbocycles. The van der Waals surface area contributed by atoms with E-state index in [2.05, 4.69) is 10.4 Å². The molecular weight excluding hydrogens is 464 g/mol. The summed E-state index contributed by atoms with van der Waals surface area (Å²) in [6, 6.07) is 13.6. The second-order valence-electron chi connectivity index (χ2n) is 8.44. The molecule has 4 rings (SSSR count). The Morgan fingerprint density at radius 2 is 1.75 bits per heavy atom. The van der Waals surface area contributed by atoms with Crippen molar-refractivity contribution in [2.24, 2.45) is 7.05 Å². The molecule has 3 aromatic rings. The molecule has 10 nitrogen and oxygen atoms in total. The summed E-state index contributed by atoms with van der Waals surface area (Å²) in [7, 11) is 3.37. The predicted octanol–water partition coefficient (Wildman–Crippen LogP) is 3.35. The zero-order valence-electron chi connectivity index (χ0n) is 20.6. The summed E-state index contributed by atoms with van der Waals surface area (Å²) in [6.07, 6.45) is 1.51. The van der Waals surface area contributed by atoms with Crippen molar-refractivity contribution in [3.63, 3.8) is 0 Å². The van der Waals surface area contributed by atoms with Crippen molar-refractivity contribution in [1.82, 2.24) is 14.7 Å². The SMILES string of the molecule is COCC(C)Oc1cc(Oc2ccc(C(=O)N3CCOCC3)cc2)cc(C(=O)Nc2ccn(C)n2)c1.